The number of carbonyl (C=O) groups is 1. The molecule has 0 spiro atoms. The number of hydrogen-bond donors (Lipinski definition) is 0. The summed E-state index contributed by atoms with van der Waals surface area (Å²) in [5, 5.41) is 0. The normalized spacial score (nSPS) is 23.4. The van der Waals surface area contributed by atoms with Gasteiger partial charge in [0.05, 0.1) is 38.9 Å². The molecule has 1 aromatic carbocycles. The molecule has 0 radical (unpaired) electrons. The van der Waals surface area contributed by atoms with Crippen LogP contribution in [0.4, 0.5) is 0 Å². The van der Waals surface area contributed by atoms with Crippen LogP contribution in [-0.2, 0) is 14.6 Å². The topological polar surface area (TPSA) is 91.4 Å². The van der Waals surface area contributed by atoms with E-state index in [1.165, 1.54) is 21.3 Å². The van der Waals surface area contributed by atoms with Crippen LogP contribution in [0.25, 0.3) is 0 Å². The third-order valence-corrected chi connectivity index (χ3v) is 7.00. The fraction of sp³-hybridized carbons (Fsp3) is 0.632. The van der Waals surface area contributed by atoms with Crippen LogP contribution in [-0.4, -0.2) is 77.4 Å². The molecule has 8 nitrogen and oxygen atoms in total. The maximum Gasteiger partial charge on any atom is 0.254 e. The Bertz CT molecular complexity index is 793. The molecule has 0 unspecified atom stereocenters. The molecule has 2 atom stereocenters. The highest BCUT2D eigenvalue weighted by molar-refractivity contribution is 7.91. The van der Waals surface area contributed by atoms with Gasteiger partial charge in [-0.2, -0.15) is 0 Å². The number of methoxy groups -OCH3 is 3. The van der Waals surface area contributed by atoms with Gasteiger partial charge in [-0.25, -0.2) is 8.42 Å². The van der Waals surface area contributed by atoms with Crippen molar-refractivity contribution in [2.24, 2.45) is 0 Å². The van der Waals surface area contributed by atoms with Crippen LogP contribution in [0.3, 0.4) is 0 Å². The summed E-state index contributed by atoms with van der Waals surface area (Å²) in [6.07, 6.45) is 2.16. The number of rotatable bonds is 7. The predicted octanol–water partition coefficient (Wildman–Crippen LogP) is 1.52. The lowest BCUT2D eigenvalue weighted by atomic mass is 10.1. The minimum absolute atomic E-state index is 0.0180. The minimum Gasteiger partial charge on any atom is -0.493 e. The van der Waals surface area contributed by atoms with Gasteiger partial charge in [0.25, 0.3) is 5.91 Å². The third kappa shape index (κ3) is 4.35. The van der Waals surface area contributed by atoms with E-state index < -0.39 is 9.84 Å². The van der Waals surface area contributed by atoms with Crippen molar-refractivity contribution < 1.29 is 32.2 Å². The Morgan fingerprint density at radius 3 is 2.29 bits per heavy atom. The Morgan fingerprint density at radius 1 is 1.14 bits per heavy atom. The lowest BCUT2D eigenvalue weighted by molar-refractivity contribution is 0.0441. The second-order valence-corrected chi connectivity index (χ2v) is 9.29. The monoisotopic (exact) mass is 413 g/mol. The molecular formula is C19H27NO7S. The van der Waals surface area contributed by atoms with Gasteiger partial charge in [0.15, 0.2) is 21.3 Å². The fourth-order valence-electron chi connectivity index (χ4n) is 3.80. The van der Waals surface area contributed by atoms with Gasteiger partial charge in [-0.3, -0.25) is 4.79 Å². The van der Waals surface area contributed by atoms with Crippen molar-refractivity contribution in [3.8, 4) is 17.2 Å². The van der Waals surface area contributed by atoms with Crippen molar-refractivity contribution in [1.29, 1.82) is 0 Å². The van der Waals surface area contributed by atoms with Crippen LogP contribution in [0.15, 0.2) is 12.1 Å². The SMILES string of the molecule is COc1cc(C(=O)N(C[C@H]2CCCO2)[C@@H]2CCS(=O)(=O)C2)cc(OC)c1OC. The summed E-state index contributed by atoms with van der Waals surface area (Å²) in [5.41, 5.74) is 0.358. The summed E-state index contributed by atoms with van der Waals surface area (Å²) < 4.78 is 45.7. The molecule has 0 bridgehead atoms. The van der Waals surface area contributed by atoms with E-state index in [4.69, 9.17) is 18.9 Å². The van der Waals surface area contributed by atoms with Crippen molar-refractivity contribution in [1.82, 2.24) is 4.90 Å². The van der Waals surface area contributed by atoms with Gasteiger partial charge in [-0.15, -0.1) is 0 Å². The number of amides is 1. The van der Waals surface area contributed by atoms with Gasteiger partial charge in [0, 0.05) is 24.8 Å². The average Bonchev–Trinajstić information content (AvgIpc) is 3.33. The Hall–Kier alpha value is -2.00. The first-order chi connectivity index (χ1) is 13.4. The van der Waals surface area contributed by atoms with Crippen molar-refractivity contribution in [3.63, 3.8) is 0 Å². The zero-order valence-corrected chi connectivity index (χ0v) is 17.3. The Labute approximate surface area is 165 Å². The molecule has 2 heterocycles. The standard InChI is InChI=1S/C19H27NO7S/c1-24-16-9-13(10-17(25-2)18(16)26-3)19(21)20(11-15-5-4-7-27-15)14-6-8-28(22,23)12-14/h9-10,14-15H,4-8,11-12H2,1-3H3/t14-,15-/m1/s1. The smallest absolute Gasteiger partial charge is 0.254 e. The van der Waals surface area contributed by atoms with Gasteiger partial charge in [-0.1, -0.05) is 0 Å². The molecule has 0 N–H and O–H groups in total. The lowest BCUT2D eigenvalue weighted by Crippen LogP contribution is -2.45. The second kappa shape index (κ2) is 8.57. The molecule has 2 fully saturated rings. The van der Waals surface area contributed by atoms with Crippen LogP contribution in [0.2, 0.25) is 0 Å². The third-order valence-electron chi connectivity index (χ3n) is 5.25. The van der Waals surface area contributed by atoms with Crippen LogP contribution in [0.5, 0.6) is 17.2 Å². The maximum absolute atomic E-state index is 13.4. The number of nitrogens with zero attached hydrogens (tertiary/aromatic N) is 1. The molecule has 1 amide bonds. The molecule has 3 rings (SSSR count). The van der Waals surface area contributed by atoms with E-state index in [0.717, 1.165) is 12.8 Å². The van der Waals surface area contributed by atoms with E-state index >= 15 is 0 Å². The highest BCUT2D eigenvalue weighted by Gasteiger charge is 2.37. The second-order valence-electron chi connectivity index (χ2n) is 7.06. The first kappa shape index (κ1) is 20.7. The zero-order chi connectivity index (χ0) is 20.3. The van der Waals surface area contributed by atoms with Gasteiger partial charge < -0.3 is 23.8 Å². The van der Waals surface area contributed by atoms with E-state index in [-0.39, 0.29) is 29.6 Å². The van der Waals surface area contributed by atoms with Crippen molar-refractivity contribution >= 4 is 15.7 Å². The summed E-state index contributed by atoms with van der Waals surface area (Å²) in [6, 6.07) is 2.83. The van der Waals surface area contributed by atoms with Crippen molar-refractivity contribution in [2.45, 2.75) is 31.4 Å². The average molecular weight is 413 g/mol. The van der Waals surface area contributed by atoms with E-state index in [0.29, 0.717) is 42.4 Å². The summed E-state index contributed by atoms with van der Waals surface area (Å²) in [7, 11) is 1.34. The molecule has 2 saturated heterocycles. The fourth-order valence-corrected chi connectivity index (χ4v) is 5.53. The van der Waals surface area contributed by atoms with Gasteiger partial charge in [-0.05, 0) is 31.4 Å². The molecule has 0 aromatic heterocycles. The molecule has 2 aliphatic rings. The van der Waals surface area contributed by atoms with Crippen LogP contribution < -0.4 is 14.2 Å². The number of benzene rings is 1. The predicted molar refractivity (Wildman–Crippen MR) is 103 cm³/mol. The number of hydrogen-bond acceptors (Lipinski definition) is 7. The Morgan fingerprint density at radius 2 is 1.82 bits per heavy atom. The summed E-state index contributed by atoms with van der Waals surface area (Å²) >= 11 is 0. The summed E-state index contributed by atoms with van der Waals surface area (Å²) in [4.78, 5) is 15.0. The number of ether oxygens (including phenoxy) is 4. The molecule has 0 saturated carbocycles. The van der Waals surface area contributed by atoms with Crippen LogP contribution in [0.1, 0.15) is 29.6 Å². The van der Waals surface area contributed by atoms with Gasteiger partial charge in [0.1, 0.15) is 0 Å². The highest BCUT2D eigenvalue weighted by atomic mass is 32.2. The Balaban J connectivity index is 1.94. The molecule has 156 valence electrons. The van der Waals surface area contributed by atoms with E-state index in [2.05, 4.69) is 0 Å². The quantitative estimate of drug-likeness (QED) is 0.669. The van der Waals surface area contributed by atoms with E-state index in [9.17, 15) is 13.2 Å². The number of sulfone groups is 1. The first-order valence-corrected chi connectivity index (χ1v) is 11.1. The molecular weight excluding hydrogens is 386 g/mol. The Kier molecular flexibility index (Phi) is 6.34. The van der Waals surface area contributed by atoms with Crippen LogP contribution in [0, 0.1) is 0 Å². The van der Waals surface area contributed by atoms with E-state index in [1.54, 1.807) is 17.0 Å². The van der Waals surface area contributed by atoms with Gasteiger partial charge >= 0.3 is 0 Å². The molecule has 1 aromatic rings. The molecule has 0 aliphatic carbocycles. The zero-order valence-electron chi connectivity index (χ0n) is 16.5. The van der Waals surface area contributed by atoms with Crippen molar-refractivity contribution in [2.75, 3.05) is 46.0 Å². The maximum atomic E-state index is 13.4. The van der Waals surface area contributed by atoms with Gasteiger partial charge in [0.2, 0.25) is 5.75 Å². The molecule has 9 heteroatoms. The van der Waals surface area contributed by atoms with Crippen molar-refractivity contribution in [3.05, 3.63) is 17.7 Å². The molecule has 28 heavy (non-hydrogen) atoms. The first-order valence-electron chi connectivity index (χ1n) is 9.31. The molecule has 2 aliphatic heterocycles. The van der Waals surface area contributed by atoms with E-state index in [1.807, 2.05) is 0 Å². The summed E-state index contributed by atoms with van der Waals surface area (Å²) in [5.74, 6) is 0.966. The number of carbonyl (C=O) groups excluding carboxylic acids is 1. The van der Waals surface area contributed by atoms with Crippen LogP contribution >= 0.6 is 0 Å². The largest absolute Gasteiger partial charge is 0.493 e. The highest BCUT2D eigenvalue weighted by Crippen LogP contribution is 2.39. The minimum atomic E-state index is -3.13. The summed E-state index contributed by atoms with van der Waals surface area (Å²) in [6.45, 7) is 1.04. The lowest BCUT2D eigenvalue weighted by Gasteiger charge is -2.31.